The van der Waals surface area contributed by atoms with Crippen LogP contribution >= 0.6 is 0 Å². The molecule has 1 unspecified atom stereocenters. The third-order valence-electron chi connectivity index (χ3n) is 0.431. The zero-order valence-corrected chi connectivity index (χ0v) is 5.87. The van der Waals surface area contributed by atoms with Gasteiger partial charge in [-0.15, -0.1) is 0 Å². The van der Waals surface area contributed by atoms with Crippen LogP contribution in [-0.4, -0.2) is 29.5 Å². The molecule has 0 aliphatic rings. The van der Waals surface area contributed by atoms with Crippen LogP contribution in [-0.2, 0) is 4.84 Å². The average molecular weight is 137 g/mol. The maximum absolute atomic E-state index is 8.11. The summed E-state index contributed by atoms with van der Waals surface area (Å²) in [6.07, 6.45) is -0.560. The predicted molar refractivity (Wildman–Crippen MR) is 34.6 cm³/mol. The molecule has 4 nitrogen and oxygen atoms in total. The molecule has 0 aliphatic carbocycles. The van der Waals surface area contributed by atoms with E-state index in [1.54, 1.807) is 0 Å². The van der Waals surface area contributed by atoms with Crippen LogP contribution in [0, 0.1) is 0 Å². The van der Waals surface area contributed by atoms with Gasteiger partial charge in [0.05, 0.1) is 19.3 Å². The second-order valence-electron chi connectivity index (χ2n) is 1.49. The average Bonchev–Trinajstić information content (AvgIpc) is 1.89. The first kappa shape index (κ1) is 11.6. The molecule has 0 spiro atoms. The van der Waals surface area contributed by atoms with Crippen LogP contribution in [0.3, 0.4) is 0 Å². The molecule has 9 heavy (non-hydrogen) atoms. The first-order valence-electron chi connectivity index (χ1n) is 2.79. The van der Waals surface area contributed by atoms with E-state index in [0.29, 0.717) is 6.61 Å². The van der Waals surface area contributed by atoms with Crippen LogP contribution < -0.4 is 5.90 Å². The van der Waals surface area contributed by atoms with Gasteiger partial charge < -0.3 is 15.1 Å². The lowest BCUT2D eigenvalue weighted by Crippen LogP contribution is -2.03. The van der Waals surface area contributed by atoms with Gasteiger partial charge in [0.15, 0.2) is 0 Å². The van der Waals surface area contributed by atoms with Gasteiger partial charge in [0.2, 0.25) is 0 Å². The normalized spacial score (nSPS) is 11.7. The third-order valence-corrected chi connectivity index (χ3v) is 0.431. The summed E-state index contributed by atoms with van der Waals surface area (Å²) in [5.41, 5.74) is 0. The maximum atomic E-state index is 8.11. The summed E-state index contributed by atoms with van der Waals surface area (Å²) >= 11 is 0. The molecule has 0 bridgehead atoms. The van der Waals surface area contributed by atoms with Crippen molar-refractivity contribution in [3.63, 3.8) is 0 Å². The number of hydrogen-bond acceptors (Lipinski definition) is 4. The Hall–Kier alpha value is -0.160. The minimum Gasteiger partial charge on any atom is -0.394 e. The lowest BCUT2D eigenvalue weighted by molar-refractivity contribution is 0.110. The van der Waals surface area contributed by atoms with Crippen LogP contribution in [0.1, 0.15) is 13.8 Å². The highest BCUT2D eigenvalue weighted by Crippen LogP contribution is 1.68. The highest BCUT2D eigenvalue weighted by atomic mass is 16.6. The van der Waals surface area contributed by atoms with Crippen molar-refractivity contribution < 1.29 is 15.1 Å². The highest BCUT2D eigenvalue weighted by molar-refractivity contribution is 4.34. The zero-order chi connectivity index (χ0) is 7.70. The van der Waals surface area contributed by atoms with E-state index in [1.807, 2.05) is 6.92 Å². The van der Waals surface area contributed by atoms with Crippen LogP contribution in [0.2, 0.25) is 0 Å². The van der Waals surface area contributed by atoms with Crippen molar-refractivity contribution in [1.82, 2.24) is 0 Å². The Morgan fingerprint density at radius 2 is 1.89 bits per heavy atom. The molecule has 0 heterocycles. The van der Waals surface area contributed by atoms with Gasteiger partial charge in [-0.3, -0.25) is 0 Å². The van der Waals surface area contributed by atoms with Gasteiger partial charge in [0.1, 0.15) is 0 Å². The minimum atomic E-state index is -0.560. The SMILES string of the molecule is CC(O)CO.CCON. The Balaban J connectivity index is 0. The van der Waals surface area contributed by atoms with Crippen molar-refractivity contribution in [2.24, 2.45) is 5.90 Å². The van der Waals surface area contributed by atoms with Gasteiger partial charge in [-0.05, 0) is 13.8 Å². The molecule has 0 aromatic heterocycles. The monoisotopic (exact) mass is 137 g/mol. The van der Waals surface area contributed by atoms with Crippen molar-refractivity contribution >= 4 is 0 Å². The standard InChI is InChI=1S/C3H8O2.C2H7NO/c1-3(5)2-4;1-2-4-3/h3-5H,2H2,1H3;2-3H2,1H3. The van der Waals surface area contributed by atoms with Crippen molar-refractivity contribution in [3.8, 4) is 0 Å². The van der Waals surface area contributed by atoms with Crippen LogP contribution in [0.5, 0.6) is 0 Å². The molecule has 0 amide bonds. The molecule has 0 saturated heterocycles. The topological polar surface area (TPSA) is 75.7 Å². The number of aliphatic hydroxyl groups is 2. The van der Waals surface area contributed by atoms with Gasteiger partial charge in [-0.2, -0.15) is 0 Å². The lowest BCUT2D eigenvalue weighted by Gasteiger charge is -1.90. The molecule has 0 saturated carbocycles. The van der Waals surface area contributed by atoms with E-state index < -0.39 is 6.10 Å². The first-order valence-corrected chi connectivity index (χ1v) is 2.79. The molecule has 0 radical (unpaired) electrons. The van der Waals surface area contributed by atoms with Crippen LogP contribution in [0.15, 0.2) is 0 Å². The van der Waals surface area contributed by atoms with Crippen molar-refractivity contribution in [2.75, 3.05) is 13.2 Å². The molecule has 0 aliphatic heterocycles. The van der Waals surface area contributed by atoms with E-state index in [2.05, 4.69) is 10.7 Å². The fourth-order valence-corrected chi connectivity index (χ4v) is 0. The quantitative estimate of drug-likeness (QED) is 0.438. The summed E-state index contributed by atoms with van der Waals surface area (Å²) in [6, 6.07) is 0. The van der Waals surface area contributed by atoms with Crippen molar-refractivity contribution in [1.29, 1.82) is 0 Å². The van der Waals surface area contributed by atoms with E-state index >= 15 is 0 Å². The molecule has 0 aromatic rings. The minimum absolute atomic E-state index is 0.139. The highest BCUT2D eigenvalue weighted by Gasteiger charge is 1.83. The molecule has 0 fully saturated rings. The van der Waals surface area contributed by atoms with E-state index in [1.165, 1.54) is 6.92 Å². The third kappa shape index (κ3) is 33.2. The van der Waals surface area contributed by atoms with E-state index in [9.17, 15) is 0 Å². The molecule has 58 valence electrons. The Kier molecular flexibility index (Phi) is 13.9. The smallest absolute Gasteiger partial charge is 0.0742 e. The summed E-state index contributed by atoms with van der Waals surface area (Å²) < 4.78 is 0. The first-order chi connectivity index (χ1) is 4.18. The fourth-order valence-electron chi connectivity index (χ4n) is 0. The van der Waals surface area contributed by atoms with Crippen molar-refractivity contribution in [3.05, 3.63) is 0 Å². The van der Waals surface area contributed by atoms with Gasteiger partial charge >= 0.3 is 0 Å². The maximum Gasteiger partial charge on any atom is 0.0742 e. The molecule has 4 N–H and O–H groups in total. The Morgan fingerprint density at radius 1 is 1.67 bits per heavy atom. The summed E-state index contributed by atoms with van der Waals surface area (Å²) in [4.78, 5) is 4.04. The number of hydrogen-bond donors (Lipinski definition) is 3. The van der Waals surface area contributed by atoms with E-state index in [0.717, 1.165) is 0 Å². The van der Waals surface area contributed by atoms with Gasteiger partial charge in [0, 0.05) is 0 Å². The summed E-state index contributed by atoms with van der Waals surface area (Å²) in [6.45, 7) is 3.82. The molecule has 4 heteroatoms. The van der Waals surface area contributed by atoms with E-state index in [-0.39, 0.29) is 6.61 Å². The second kappa shape index (κ2) is 10.8. The van der Waals surface area contributed by atoms with Gasteiger partial charge in [-0.25, -0.2) is 5.90 Å². The largest absolute Gasteiger partial charge is 0.394 e. The van der Waals surface area contributed by atoms with Gasteiger partial charge in [-0.1, -0.05) is 0 Å². The van der Waals surface area contributed by atoms with Crippen molar-refractivity contribution in [2.45, 2.75) is 20.0 Å². The lowest BCUT2D eigenvalue weighted by atomic mass is 10.5. The molecule has 0 aromatic carbocycles. The van der Waals surface area contributed by atoms with Crippen LogP contribution in [0.25, 0.3) is 0 Å². The summed E-state index contributed by atoms with van der Waals surface area (Å²) in [5.74, 6) is 4.53. The van der Waals surface area contributed by atoms with Crippen LogP contribution in [0.4, 0.5) is 0 Å². The zero-order valence-electron chi connectivity index (χ0n) is 5.87. The Labute approximate surface area is 55.2 Å². The molecular formula is C5H15NO3. The van der Waals surface area contributed by atoms with E-state index in [4.69, 9.17) is 10.2 Å². The number of aliphatic hydroxyl groups excluding tert-OH is 2. The second-order valence-corrected chi connectivity index (χ2v) is 1.49. The summed E-state index contributed by atoms with van der Waals surface area (Å²) in [7, 11) is 0. The van der Waals surface area contributed by atoms with Gasteiger partial charge in [0.25, 0.3) is 0 Å². The summed E-state index contributed by atoms with van der Waals surface area (Å²) in [5, 5.41) is 16.0. The predicted octanol–water partition coefficient (Wildman–Crippen LogP) is -0.744. The fraction of sp³-hybridized carbons (Fsp3) is 1.00. The molecular weight excluding hydrogens is 122 g/mol. The Morgan fingerprint density at radius 3 is 1.89 bits per heavy atom. The Bertz CT molecular complexity index is 39.2. The number of rotatable bonds is 2. The molecule has 0 rings (SSSR count). The molecule has 1 atom stereocenters. The number of nitrogens with two attached hydrogens (primary N) is 1.